The van der Waals surface area contributed by atoms with E-state index in [-0.39, 0.29) is 0 Å². The molecule has 1 aliphatic heterocycles. The highest BCUT2D eigenvalue weighted by molar-refractivity contribution is 7.84. The zero-order valence-corrected chi connectivity index (χ0v) is 7.01. The Morgan fingerprint density at radius 1 is 1.18 bits per heavy atom. The summed E-state index contributed by atoms with van der Waals surface area (Å²) in [6.45, 7) is 1.05. The first kappa shape index (κ1) is 8.92. The van der Waals surface area contributed by atoms with Gasteiger partial charge >= 0.3 is 10.3 Å². The van der Waals surface area contributed by atoms with E-state index in [0.717, 1.165) is 19.3 Å². The fourth-order valence-corrected chi connectivity index (χ4v) is 1.98. The van der Waals surface area contributed by atoms with Gasteiger partial charge in [0.15, 0.2) is 0 Å². The highest BCUT2D eigenvalue weighted by Crippen LogP contribution is 2.12. The molecule has 1 rings (SSSR count). The van der Waals surface area contributed by atoms with Crippen molar-refractivity contribution in [2.45, 2.75) is 19.3 Å². The number of hydrogen-bond donors (Lipinski definition) is 1. The fourth-order valence-electron chi connectivity index (χ4n) is 1.15. The number of nitrogens with zero attached hydrogens (tertiary/aromatic N) is 1. The minimum atomic E-state index is -3.61. The Balaban J connectivity index is 2.58. The molecule has 0 spiro atoms. The third-order valence-corrected chi connectivity index (χ3v) is 2.99. The van der Waals surface area contributed by atoms with Crippen molar-refractivity contribution in [2.75, 3.05) is 13.1 Å². The summed E-state index contributed by atoms with van der Waals surface area (Å²) >= 11 is 0. The minimum Gasteiger partial charge on any atom is -0.196 e. The summed E-state index contributed by atoms with van der Waals surface area (Å²) in [7, 11) is -3.61. The second-order valence-corrected chi connectivity index (χ2v) is 4.08. The largest absolute Gasteiger partial charge is 0.354 e. The molecule has 0 radical (unpaired) electrons. The van der Waals surface area contributed by atoms with Gasteiger partial charge in [-0.25, -0.2) is 0 Å². The van der Waals surface area contributed by atoms with Crippen LogP contribution in [0.5, 0.6) is 0 Å². The summed E-state index contributed by atoms with van der Waals surface area (Å²) in [6, 6.07) is 0. The molecule has 0 atom stereocenters. The molecule has 66 valence electrons. The van der Waals surface area contributed by atoms with Crippen LogP contribution in [-0.2, 0) is 14.6 Å². The molecule has 1 saturated heterocycles. The SMILES string of the molecule is NOS(=O)(=O)N1CCCCC1. The second-order valence-electron chi connectivity index (χ2n) is 2.51. The third-order valence-electron chi connectivity index (χ3n) is 1.75. The van der Waals surface area contributed by atoms with Gasteiger partial charge in [0.25, 0.3) is 0 Å². The number of nitrogens with two attached hydrogens (primary N) is 1. The van der Waals surface area contributed by atoms with Crippen LogP contribution in [0.4, 0.5) is 0 Å². The predicted octanol–water partition coefficient (Wildman–Crippen LogP) is -0.393. The summed E-state index contributed by atoms with van der Waals surface area (Å²) in [5.41, 5.74) is 0. The fraction of sp³-hybridized carbons (Fsp3) is 1.00. The van der Waals surface area contributed by atoms with Gasteiger partial charge < -0.3 is 0 Å². The van der Waals surface area contributed by atoms with Crippen molar-refractivity contribution in [3.05, 3.63) is 0 Å². The second kappa shape index (κ2) is 3.48. The van der Waals surface area contributed by atoms with Crippen molar-refractivity contribution in [3.8, 4) is 0 Å². The van der Waals surface area contributed by atoms with E-state index in [4.69, 9.17) is 0 Å². The summed E-state index contributed by atoms with van der Waals surface area (Å²) in [5, 5.41) is 0. The molecule has 11 heavy (non-hydrogen) atoms. The van der Waals surface area contributed by atoms with Gasteiger partial charge in [0.1, 0.15) is 0 Å². The van der Waals surface area contributed by atoms with Crippen molar-refractivity contribution < 1.29 is 12.7 Å². The van der Waals surface area contributed by atoms with Crippen molar-refractivity contribution in [1.82, 2.24) is 4.31 Å². The molecule has 0 unspecified atom stereocenters. The lowest BCUT2D eigenvalue weighted by Crippen LogP contribution is -2.37. The van der Waals surface area contributed by atoms with Crippen LogP contribution in [0.1, 0.15) is 19.3 Å². The first-order valence-corrected chi connectivity index (χ1v) is 4.92. The van der Waals surface area contributed by atoms with Gasteiger partial charge in [-0.1, -0.05) is 6.42 Å². The smallest absolute Gasteiger partial charge is 0.196 e. The summed E-state index contributed by atoms with van der Waals surface area (Å²) < 4.78 is 27.0. The molecule has 2 N–H and O–H groups in total. The zero-order chi connectivity index (χ0) is 8.32. The zero-order valence-electron chi connectivity index (χ0n) is 6.19. The molecular formula is C5H12N2O3S. The van der Waals surface area contributed by atoms with Crippen molar-refractivity contribution >= 4 is 10.3 Å². The lowest BCUT2D eigenvalue weighted by molar-refractivity contribution is 0.254. The van der Waals surface area contributed by atoms with Crippen LogP contribution >= 0.6 is 0 Å². The Bertz CT molecular complexity index is 208. The van der Waals surface area contributed by atoms with Gasteiger partial charge in [-0.15, -0.1) is 0 Å². The average Bonchev–Trinajstić information content (AvgIpc) is 2.06. The minimum absolute atomic E-state index is 0.527. The standard InChI is InChI=1S/C5H12N2O3S/c6-10-11(8,9)7-4-2-1-3-5-7/h1-6H2. The van der Waals surface area contributed by atoms with Crippen LogP contribution in [0.15, 0.2) is 0 Å². The Morgan fingerprint density at radius 2 is 1.73 bits per heavy atom. The van der Waals surface area contributed by atoms with Gasteiger partial charge in [0.2, 0.25) is 0 Å². The van der Waals surface area contributed by atoms with E-state index in [1.54, 1.807) is 0 Å². The summed E-state index contributed by atoms with van der Waals surface area (Å²) in [6.07, 6.45) is 2.86. The van der Waals surface area contributed by atoms with E-state index in [9.17, 15) is 8.42 Å². The molecule has 1 heterocycles. The molecular weight excluding hydrogens is 168 g/mol. The third kappa shape index (κ3) is 2.13. The molecule has 0 aromatic carbocycles. The highest BCUT2D eigenvalue weighted by Gasteiger charge is 2.23. The number of piperidine rings is 1. The molecule has 0 aromatic rings. The van der Waals surface area contributed by atoms with Gasteiger partial charge in [0, 0.05) is 13.1 Å². The van der Waals surface area contributed by atoms with E-state index >= 15 is 0 Å². The summed E-state index contributed by atoms with van der Waals surface area (Å²) in [5.74, 6) is 4.61. The molecule has 0 aliphatic carbocycles. The highest BCUT2D eigenvalue weighted by atomic mass is 32.2. The van der Waals surface area contributed by atoms with Crippen molar-refractivity contribution in [3.63, 3.8) is 0 Å². The first-order valence-electron chi connectivity index (χ1n) is 3.55. The number of rotatable bonds is 2. The molecule has 0 saturated carbocycles. The molecule has 0 bridgehead atoms. The lowest BCUT2D eigenvalue weighted by Gasteiger charge is -2.23. The summed E-state index contributed by atoms with van der Waals surface area (Å²) in [4.78, 5) is 0. The number of hydrogen-bond acceptors (Lipinski definition) is 4. The molecule has 6 heteroatoms. The molecule has 1 fully saturated rings. The van der Waals surface area contributed by atoms with Crippen LogP contribution in [0.3, 0.4) is 0 Å². The monoisotopic (exact) mass is 180 g/mol. The van der Waals surface area contributed by atoms with E-state index < -0.39 is 10.3 Å². The van der Waals surface area contributed by atoms with E-state index in [1.165, 1.54) is 4.31 Å². The Hall–Kier alpha value is -0.170. The van der Waals surface area contributed by atoms with Crippen LogP contribution in [0.25, 0.3) is 0 Å². The van der Waals surface area contributed by atoms with E-state index in [2.05, 4.69) is 10.2 Å². The van der Waals surface area contributed by atoms with Gasteiger partial charge in [-0.05, 0) is 12.8 Å². The van der Waals surface area contributed by atoms with Gasteiger partial charge in [0.05, 0.1) is 0 Å². The van der Waals surface area contributed by atoms with E-state index in [0.29, 0.717) is 13.1 Å². The Kier molecular flexibility index (Phi) is 2.83. The van der Waals surface area contributed by atoms with Crippen LogP contribution in [-0.4, -0.2) is 25.8 Å². The lowest BCUT2D eigenvalue weighted by atomic mass is 10.2. The maximum atomic E-state index is 10.9. The molecule has 0 aromatic heterocycles. The Labute approximate surface area is 66.3 Å². The van der Waals surface area contributed by atoms with Crippen molar-refractivity contribution in [2.24, 2.45) is 5.90 Å². The normalized spacial score (nSPS) is 21.9. The van der Waals surface area contributed by atoms with Crippen LogP contribution in [0.2, 0.25) is 0 Å². The topological polar surface area (TPSA) is 72.6 Å². The van der Waals surface area contributed by atoms with Crippen LogP contribution < -0.4 is 5.90 Å². The molecule has 0 amide bonds. The maximum absolute atomic E-state index is 10.9. The van der Waals surface area contributed by atoms with Gasteiger partial charge in [-0.2, -0.15) is 22.9 Å². The van der Waals surface area contributed by atoms with Gasteiger partial charge in [-0.3, -0.25) is 0 Å². The Morgan fingerprint density at radius 3 is 2.18 bits per heavy atom. The quantitative estimate of drug-likeness (QED) is 0.587. The van der Waals surface area contributed by atoms with Crippen LogP contribution in [0, 0.1) is 0 Å². The van der Waals surface area contributed by atoms with E-state index in [1.807, 2.05) is 0 Å². The molecule has 1 aliphatic rings. The average molecular weight is 180 g/mol. The predicted molar refractivity (Wildman–Crippen MR) is 39.6 cm³/mol. The molecule has 5 nitrogen and oxygen atoms in total. The first-order chi connectivity index (χ1) is 5.17. The maximum Gasteiger partial charge on any atom is 0.354 e. The van der Waals surface area contributed by atoms with Crippen molar-refractivity contribution in [1.29, 1.82) is 0 Å².